The van der Waals surface area contributed by atoms with Gasteiger partial charge in [0.25, 0.3) is 0 Å². The fourth-order valence-electron chi connectivity index (χ4n) is 4.10. The Morgan fingerprint density at radius 3 is 2.69 bits per heavy atom. The van der Waals surface area contributed by atoms with Crippen molar-refractivity contribution >= 4 is 0 Å². The fraction of sp³-hybridized carbons (Fsp3) is 1.00. The monoisotopic (exact) mass is 224 g/mol. The predicted octanol–water partition coefficient (Wildman–Crippen LogP) is 0.959. The van der Waals surface area contributed by atoms with Crippen molar-refractivity contribution in [2.75, 3.05) is 13.1 Å². The zero-order valence-electron chi connectivity index (χ0n) is 10.0. The summed E-state index contributed by atoms with van der Waals surface area (Å²) in [7, 11) is 0. The summed E-state index contributed by atoms with van der Waals surface area (Å²) >= 11 is 0. The Balaban J connectivity index is 1.61. The smallest absolute Gasteiger partial charge is 0.0583 e. The fourth-order valence-corrected chi connectivity index (χ4v) is 4.10. The zero-order chi connectivity index (χ0) is 11.1. The van der Waals surface area contributed by atoms with Crippen LogP contribution < -0.4 is 5.73 Å². The number of aliphatic hydroxyl groups is 1. The molecule has 0 amide bonds. The largest absolute Gasteiger partial charge is 0.393 e. The Kier molecular flexibility index (Phi) is 2.94. The molecule has 3 rings (SSSR count). The van der Waals surface area contributed by atoms with Gasteiger partial charge in [0.2, 0.25) is 0 Å². The van der Waals surface area contributed by atoms with E-state index in [4.69, 9.17) is 5.73 Å². The van der Waals surface area contributed by atoms with Crippen LogP contribution >= 0.6 is 0 Å². The van der Waals surface area contributed by atoms with Crippen LogP contribution in [-0.2, 0) is 0 Å². The number of likely N-dealkylation sites (tertiary alicyclic amines) is 1. The van der Waals surface area contributed by atoms with E-state index in [0.717, 1.165) is 18.9 Å². The molecular formula is C13H24N2O. The van der Waals surface area contributed by atoms with Crippen LogP contribution in [-0.4, -0.2) is 41.3 Å². The molecule has 0 aromatic carbocycles. The standard InChI is InChI=1S/C13H24N2O/c14-10-2-1-3-11(6-10)15-7-9-4-5-13(16)12(9)8-15/h9-13,16H,1-8,14H2. The molecule has 3 aliphatic rings. The first kappa shape index (κ1) is 11.0. The van der Waals surface area contributed by atoms with Crippen molar-refractivity contribution in [2.24, 2.45) is 17.6 Å². The number of fused-ring (bicyclic) bond motifs is 1. The third kappa shape index (κ3) is 1.89. The van der Waals surface area contributed by atoms with Gasteiger partial charge in [0, 0.05) is 31.1 Å². The molecule has 0 spiro atoms. The van der Waals surface area contributed by atoms with E-state index >= 15 is 0 Å². The maximum Gasteiger partial charge on any atom is 0.0583 e. The van der Waals surface area contributed by atoms with Crippen molar-refractivity contribution < 1.29 is 5.11 Å². The summed E-state index contributed by atoms with van der Waals surface area (Å²) in [4.78, 5) is 2.62. The van der Waals surface area contributed by atoms with E-state index in [0.29, 0.717) is 18.0 Å². The van der Waals surface area contributed by atoms with Gasteiger partial charge in [-0.1, -0.05) is 6.42 Å². The molecule has 1 saturated heterocycles. The van der Waals surface area contributed by atoms with E-state index in [1.807, 2.05) is 0 Å². The molecule has 0 radical (unpaired) electrons. The highest BCUT2D eigenvalue weighted by Gasteiger charge is 2.43. The number of nitrogens with zero attached hydrogens (tertiary/aromatic N) is 1. The van der Waals surface area contributed by atoms with Gasteiger partial charge in [-0.05, 0) is 38.0 Å². The van der Waals surface area contributed by atoms with Crippen LogP contribution in [0.15, 0.2) is 0 Å². The Hall–Kier alpha value is -0.120. The van der Waals surface area contributed by atoms with Crippen molar-refractivity contribution in [1.29, 1.82) is 0 Å². The highest BCUT2D eigenvalue weighted by molar-refractivity contribution is 4.96. The summed E-state index contributed by atoms with van der Waals surface area (Å²) in [6, 6.07) is 1.13. The average Bonchev–Trinajstić information content (AvgIpc) is 2.81. The predicted molar refractivity (Wildman–Crippen MR) is 64.0 cm³/mol. The lowest BCUT2D eigenvalue weighted by atomic mass is 9.90. The van der Waals surface area contributed by atoms with Crippen LogP contribution in [0.4, 0.5) is 0 Å². The molecule has 1 aliphatic heterocycles. The SMILES string of the molecule is NC1CCCC(N2CC3CCC(O)C3C2)C1. The summed E-state index contributed by atoms with van der Waals surface area (Å²) in [5.74, 6) is 1.34. The van der Waals surface area contributed by atoms with Gasteiger partial charge < -0.3 is 10.8 Å². The Morgan fingerprint density at radius 2 is 1.94 bits per heavy atom. The van der Waals surface area contributed by atoms with Crippen LogP contribution in [0, 0.1) is 11.8 Å². The van der Waals surface area contributed by atoms with Gasteiger partial charge in [0.05, 0.1) is 6.10 Å². The second-order valence-corrected chi connectivity index (χ2v) is 6.10. The summed E-state index contributed by atoms with van der Waals surface area (Å²) in [5.41, 5.74) is 6.06. The molecule has 2 aliphatic carbocycles. The quantitative estimate of drug-likeness (QED) is 0.697. The normalized spacial score (nSPS) is 49.5. The third-order valence-corrected chi connectivity index (χ3v) is 5.05. The molecular weight excluding hydrogens is 200 g/mol. The molecule has 0 aromatic rings. The van der Waals surface area contributed by atoms with Gasteiger partial charge in [-0.25, -0.2) is 0 Å². The first-order valence-corrected chi connectivity index (χ1v) is 6.91. The Bertz CT molecular complexity index is 258. The molecule has 5 unspecified atom stereocenters. The summed E-state index contributed by atoms with van der Waals surface area (Å²) in [6.45, 7) is 2.35. The molecule has 3 heteroatoms. The van der Waals surface area contributed by atoms with E-state index in [-0.39, 0.29) is 6.10 Å². The van der Waals surface area contributed by atoms with Gasteiger partial charge in [0.15, 0.2) is 0 Å². The molecule has 3 nitrogen and oxygen atoms in total. The van der Waals surface area contributed by atoms with Crippen LogP contribution in [0.2, 0.25) is 0 Å². The molecule has 92 valence electrons. The molecule has 2 saturated carbocycles. The van der Waals surface area contributed by atoms with Crippen molar-refractivity contribution in [3.8, 4) is 0 Å². The summed E-state index contributed by atoms with van der Waals surface area (Å²) < 4.78 is 0. The van der Waals surface area contributed by atoms with E-state index in [1.165, 1.54) is 38.6 Å². The van der Waals surface area contributed by atoms with Crippen molar-refractivity contribution in [2.45, 2.75) is 56.7 Å². The van der Waals surface area contributed by atoms with Gasteiger partial charge in [-0.2, -0.15) is 0 Å². The van der Waals surface area contributed by atoms with Crippen molar-refractivity contribution in [3.63, 3.8) is 0 Å². The summed E-state index contributed by atoms with van der Waals surface area (Å²) in [6.07, 6.45) is 7.25. The van der Waals surface area contributed by atoms with Crippen LogP contribution in [0.5, 0.6) is 0 Å². The number of hydrogen-bond acceptors (Lipinski definition) is 3. The number of rotatable bonds is 1. The molecule has 3 N–H and O–H groups in total. The molecule has 0 aromatic heterocycles. The number of nitrogens with two attached hydrogens (primary N) is 1. The van der Waals surface area contributed by atoms with Gasteiger partial charge in [0.1, 0.15) is 0 Å². The van der Waals surface area contributed by atoms with Crippen molar-refractivity contribution in [3.05, 3.63) is 0 Å². The first-order chi connectivity index (χ1) is 7.74. The molecule has 16 heavy (non-hydrogen) atoms. The van der Waals surface area contributed by atoms with Gasteiger partial charge in [-0.15, -0.1) is 0 Å². The minimum Gasteiger partial charge on any atom is -0.393 e. The first-order valence-electron chi connectivity index (χ1n) is 6.91. The lowest BCUT2D eigenvalue weighted by Crippen LogP contribution is -2.42. The maximum absolute atomic E-state index is 9.92. The lowest BCUT2D eigenvalue weighted by Gasteiger charge is -2.34. The van der Waals surface area contributed by atoms with Gasteiger partial charge in [-0.3, -0.25) is 4.90 Å². The molecule has 0 bridgehead atoms. The van der Waals surface area contributed by atoms with E-state index in [1.54, 1.807) is 0 Å². The number of hydrogen-bond donors (Lipinski definition) is 2. The molecule has 3 fully saturated rings. The number of aliphatic hydroxyl groups excluding tert-OH is 1. The van der Waals surface area contributed by atoms with Gasteiger partial charge >= 0.3 is 0 Å². The van der Waals surface area contributed by atoms with Crippen LogP contribution in [0.25, 0.3) is 0 Å². The Labute approximate surface area is 98.0 Å². The molecule has 5 atom stereocenters. The van der Waals surface area contributed by atoms with E-state index < -0.39 is 0 Å². The molecule has 1 heterocycles. The topological polar surface area (TPSA) is 49.5 Å². The van der Waals surface area contributed by atoms with E-state index in [9.17, 15) is 5.11 Å². The second kappa shape index (κ2) is 4.28. The lowest BCUT2D eigenvalue weighted by molar-refractivity contribution is 0.110. The highest BCUT2D eigenvalue weighted by atomic mass is 16.3. The maximum atomic E-state index is 9.92. The second-order valence-electron chi connectivity index (χ2n) is 6.10. The van der Waals surface area contributed by atoms with Crippen LogP contribution in [0.1, 0.15) is 38.5 Å². The highest BCUT2D eigenvalue weighted by Crippen LogP contribution is 2.40. The van der Waals surface area contributed by atoms with E-state index in [2.05, 4.69) is 4.90 Å². The zero-order valence-corrected chi connectivity index (χ0v) is 10.0. The van der Waals surface area contributed by atoms with Crippen LogP contribution in [0.3, 0.4) is 0 Å². The summed E-state index contributed by atoms with van der Waals surface area (Å²) in [5, 5.41) is 9.92. The van der Waals surface area contributed by atoms with Crippen molar-refractivity contribution in [1.82, 2.24) is 4.90 Å². The third-order valence-electron chi connectivity index (χ3n) is 5.05. The minimum absolute atomic E-state index is 0.0211. The minimum atomic E-state index is -0.0211. The average molecular weight is 224 g/mol. The Morgan fingerprint density at radius 1 is 1.06 bits per heavy atom.